The predicted molar refractivity (Wildman–Crippen MR) is 99.5 cm³/mol. The van der Waals surface area contributed by atoms with Crippen molar-refractivity contribution in [2.24, 2.45) is 10.7 Å². The summed E-state index contributed by atoms with van der Waals surface area (Å²) in [6.45, 7) is 1.62. The molecule has 0 bridgehead atoms. The van der Waals surface area contributed by atoms with Crippen molar-refractivity contribution in [3.63, 3.8) is 0 Å². The van der Waals surface area contributed by atoms with Crippen LogP contribution in [0.3, 0.4) is 0 Å². The minimum atomic E-state index is -0.432. The number of para-hydroxylation sites is 2. The van der Waals surface area contributed by atoms with Gasteiger partial charge in [0.1, 0.15) is 12.7 Å². The average molecular weight is 354 g/mol. The Morgan fingerprint density at radius 2 is 1.88 bits per heavy atom. The van der Waals surface area contributed by atoms with Gasteiger partial charge in [0.25, 0.3) is 0 Å². The quantitative estimate of drug-likeness (QED) is 0.555. The lowest BCUT2D eigenvalue weighted by atomic mass is 10.1. The van der Waals surface area contributed by atoms with Crippen LogP contribution in [0.15, 0.2) is 53.5 Å². The lowest BCUT2D eigenvalue weighted by Crippen LogP contribution is -2.45. The topological polar surface area (TPSA) is 98.0 Å². The summed E-state index contributed by atoms with van der Waals surface area (Å²) in [7, 11) is 1.71. The van der Waals surface area contributed by atoms with Gasteiger partial charge in [-0.25, -0.2) is 0 Å². The van der Waals surface area contributed by atoms with Gasteiger partial charge in [-0.15, -0.1) is 0 Å². The molecule has 1 aliphatic heterocycles. The number of hydrogen-bond donors (Lipinski definition) is 3. The van der Waals surface area contributed by atoms with Crippen molar-refractivity contribution in [1.29, 1.82) is 0 Å². The van der Waals surface area contributed by atoms with E-state index in [4.69, 9.17) is 15.2 Å². The number of carbonyl (C=O) groups excluding carboxylic acids is 1. The second-order valence-corrected chi connectivity index (χ2v) is 5.87. The van der Waals surface area contributed by atoms with E-state index in [0.717, 1.165) is 17.1 Å². The molecular formula is C19H22N4O3. The predicted octanol–water partition coefficient (Wildman–Crippen LogP) is 1.29. The van der Waals surface area contributed by atoms with Crippen LogP contribution in [-0.4, -0.2) is 38.2 Å². The zero-order chi connectivity index (χ0) is 18.4. The normalized spacial score (nSPS) is 16.0. The van der Waals surface area contributed by atoms with Crippen LogP contribution in [0.4, 0.5) is 0 Å². The molecule has 1 heterocycles. The number of benzene rings is 2. The van der Waals surface area contributed by atoms with Gasteiger partial charge in [0, 0.05) is 19.2 Å². The molecule has 1 amide bonds. The highest BCUT2D eigenvalue weighted by molar-refractivity contribution is 5.92. The number of primary amides is 1. The molecule has 7 heteroatoms. The molecule has 0 aromatic heterocycles. The molecule has 1 atom stereocenters. The molecule has 136 valence electrons. The molecule has 1 aliphatic rings. The van der Waals surface area contributed by atoms with Crippen molar-refractivity contribution in [1.82, 2.24) is 10.6 Å². The number of fused-ring (bicyclic) bond motifs is 1. The van der Waals surface area contributed by atoms with E-state index in [2.05, 4.69) is 15.6 Å². The second-order valence-electron chi connectivity index (χ2n) is 5.87. The average Bonchev–Trinajstić information content (AvgIpc) is 2.68. The Kier molecular flexibility index (Phi) is 5.58. The number of nitrogens with zero attached hydrogens (tertiary/aromatic N) is 1. The summed E-state index contributed by atoms with van der Waals surface area (Å²) in [5.41, 5.74) is 6.75. The third-order valence-electron chi connectivity index (χ3n) is 3.99. The van der Waals surface area contributed by atoms with Crippen molar-refractivity contribution in [3.8, 4) is 11.5 Å². The first-order valence-electron chi connectivity index (χ1n) is 8.37. The van der Waals surface area contributed by atoms with Crippen LogP contribution in [0.5, 0.6) is 11.5 Å². The highest BCUT2D eigenvalue weighted by Gasteiger charge is 2.20. The maximum absolute atomic E-state index is 11.1. The van der Waals surface area contributed by atoms with Crippen LogP contribution in [-0.2, 0) is 6.54 Å². The van der Waals surface area contributed by atoms with Gasteiger partial charge < -0.3 is 25.8 Å². The van der Waals surface area contributed by atoms with E-state index in [-0.39, 0.29) is 6.10 Å². The van der Waals surface area contributed by atoms with Crippen molar-refractivity contribution in [3.05, 3.63) is 59.7 Å². The van der Waals surface area contributed by atoms with Crippen LogP contribution in [0.2, 0.25) is 0 Å². The number of amides is 1. The molecule has 0 saturated carbocycles. The number of aliphatic imine (C=N–C) groups is 1. The Hall–Kier alpha value is -3.22. The van der Waals surface area contributed by atoms with E-state index in [1.807, 2.05) is 36.4 Å². The molecule has 0 fully saturated rings. The SMILES string of the molecule is CN=C(NCc1ccc(C(N)=O)cc1)NCC1COc2ccccc2O1. The van der Waals surface area contributed by atoms with Crippen LogP contribution in [0.25, 0.3) is 0 Å². The van der Waals surface area contributed by atoms with Gasteiger partial charge in [0.2, 0.25) is 5.91 Å². The summed E-state index contributed by atoms with van der Waals surface area (Å²) in [5.74, 6) is 1.75. The first-order chi connectivity index (χ1) is 12.7. The van der Waals surface area contributed by atoms with Gasteiger partial charge in [-0.3, -0.25) is 9.79 Å². The van der Waals surface area contributed by atoms with Gasteiger partial charge in [0.15, 0.2) is 17.5 Å². The highest BCUT2D eigenvalue weighted by Crippen LogP contribution is 2.30. The third-order valence-corrected chi connectivity index (χ3v) is 3.99. The van der Waals surface area contributed by atoms with E-state index >= 15 is 0 Å². The fourth-order valence-corrected chi connectivity index (χ4v) is 2.57. The number of nitrogens with one attached hydrogen (secondary N) is 2. The van der Waals surface area contributed by atoms with Crippen molar-refractivity contribution in [2.45, 2.75) is 12.6 Å². The Morgan fingerprint density at radius 3 is 2.58 bits per heavy atom. The number of guanidine groups is 1. The minimum Gasteiger partial charge on any atom is -0.486 e. The number of ether oxygens (including phenoxy) is 2. The summed E-state index contributed by atoms with van der Waals surface area (Å²) in [6, 6.07) is 14.8. The molecule has 0 aliphatic carbocycles. The van der Waals surface area contributed by atoms with Crippen LogP contribution >= 0.6 is 0 Å². The molecule has 7 nitrogen and oxygen atoms in total. The molecule has 0 radical (unpaired) electrons. The summed E-state index contributed by atoms with van der Waals surface area (Å²) in [5, 5.41) is 6.45. The van der Waals surface area contributed by atoms with Crippen LogP contribution < -0.4 is 25.8 Å². The van der Waals surface area contributed by atoms with Crippen molar-refractivity contribution in [2.75, 3.05) is 20.2 Å². The first kappa shape index (κ1) is 17.6. The van der Waals surface area contributed by atoms with Crippen molar-refractivity contribution < 1.29 is 14.3 Å². The number of nitrogens with two attached hydrogens (primary N) is 1. The minimum absolute atomic E-state index is 0.0988. The first-order valence-corrected chi connectivity index (χ1v) is 8.37. The highest BCUT2D eigenvalue weighted by atomic mass is 16.6. The largest absolute Gasteiger partial charge is 0.486 e. The van der Waals surface area contributed by atoms with Crippen LogP contribution in [0, 0.1) is 0 Å². The number of rotatable bonds is 5. The van der Waals surface area contributed by atoms with E-state index in [1.54, 1.807) is 19.2 Å². The second kappa shape index (κ2) is 8.24. The van der Waals surface area contributed by atoms with Gasteiger partial charge in [-0.1, -0.05) is 24.3 Å². The summed E-state index contributed by atoms with van der Waals surface area (Å²) in [4.78, 5) is 15.3. The van der Waals surface area contributed by atoms with Crippen LogP contribution in [0.1, 0.15) is 15.9 Å². The molecule has 2 aromatic carbocycles. The van der Waals surface area contributed by atoms with Gasteiger partial charge in [-0.2, -0.15) is 0 Å². The van der Waals surface area contributed by atoms with Gasteiger partial charge in [-0.05, 0) is 29.8 Å². The number of hydrogen-bond acceptors (Lipinski definition) is 4. The molecule has 0 saturated heterocycles. The lowest BCUT2D eigenvalue weighted by Gasteiger charge is -2.27. The molecule has 3 rings (SSSR count). The molecule has 4 N–H and O–H groups in total. The standard InChI is InChI=1S/C19H22N4O3/c1-21-19(22-10-13-6-8-14(9-7-13)18(20)24)23-11-15-12-25-16-4-2-3-5-17(16)26-15/h2-9,15H,10-12H2,1H3,(H2,20,24)(H2,21,22,23). The molecule has 2 aromatic rings. The van der Waals surface area contributed by atoms with E-state index in [1.165, 1.54) is 0 Å². The van der Waals surface area contributed by atoms with E-state index in [9.17, 15) is 4.79 Å². The Balaban J connectivity index is 1.47. The van der Waals surface area contributed by atoms with Gasteiger partial charge >= 0.3 is 0 Å². The molecule has 0 spiro atoms. The maximum atomic E-state index is 11.1. The van der Waals surface area contributed by atoms with E-state index in [0.29, 0.717) is 31.2 Å². The lowest BCUT2D eigenvalue weighted by molar-refractivity contribution is 0.0936. The summed E-state index contributed by atoms with van der Waals surface area (Å²) in [6.07, 6.45) is -0.0988. The van der Waals surface area contributed by atoms with E-state index < -0.39 is 5.91 Å². The Labute approximate surface area is 152 Å². The molecule has 26 heavy (non-hydrogen) atoms. The molecular weight excluding hydrogens is 332 g/mol. The van der Waals surface area contributed by atoms with Crippen molar-refractivity contribution >= 4 is 11.9 Å². The third kappa shape index (κ3) is 4.44. The smallest absolute Gasteiger partial charge is 0.248 e. The fourth-order valence-electron chi connectivity index (χ4n) is 2.57. The maximum Gasteiger partial charge on any atom is 0.248 e. The zero-order valence-electron chi connectivity index (χ0n) is 14.6. The molecule has 1 unspecified atom stereocenters. The zero-order valence-corrected chi connectivity index (χ0v) is 14.6. The summed E-state index contributed by atoms with van der Waals surface area (Å²) < 4.78 is 11.6. The summed E-state index contributed by atoms with van der Waals surface area (Å²) >= 11 is 0. The van der Waals surface area contributed by atoms with Gasteiger partial charge in [0.05, 0.1) is 6.54 Å². The fraction of sp³-hybridized carbons (Fsp3) is 0.263. The Bertz CT molecular complexity index is 790. The monoisotopic (exact) mass is 354 g/mol. The number of carbonyl (C=O) groups is 1. The Morgan fingerprint density at radius 1 is 1.15 bits per heavy atom.